The lowest BCUT2D eigenvalue weighted by atomic mass is 9.86. The third-order valence-electron chi connectivity index (χ3n) is 1.82. The Kier molecular flexibility index (Phi) is 4.42. The zero-order valence-electron chi connectivity index (χ0n) is 8.26. The summed E-state index contributed by atoms with van der Waals surface area (Å²) >= 11 is 0. The van der Waals surface area contributed by atoms with Gasteiger partial charge >= 0.3 is 0 Å². The summed E-state index contributed by atoms with van der Waals surface area (Å²) in [5, 5.41) is 0. The zero-order valence-corrected chi connectivity index (χ0v) is 8.26. The van der Waals surface area contributed by atoms with Gasteiger partial charge in [-0.15, -0.1) is 0 Å². The van der Waals surface area contributed by atoms with Crippen LogP contribution in [0.3, 0.4) is 0 Å². The van der Waals surface area contributed by atoms with Crippen LogP contribution in [0.15, 0.2) is 0 Å². The van der Waals surface area contributed by atoms with E-state index in [-0.39, 0.29) is 5.78 Å². The van der Waals surface area contributed by atoms with Crippen molar-refractivity contribution >= 4 is 5.78 Å². The van der Waals surface area contributed by atoms with Crippen molar-refractivity contribution in [2.45, 2.75) is 39.2 Å². The topological polar surface area (TPSA) is 69.1 Å². The van der Waals surface area contributed by atoms with E-state index in [1.54, 1.807) is 6.92 Å². The highest BCUT2D eigenvalue weighted by molar-refractivity contribution is 5.76. The number of hydrogen-bond donors (Lipinski definition) is 2. The minimum Gasteiger partial charge on any atom is -0.329 e. The summed E-state index contributed by atoms with van der Waals surface area (Å²) in [5.41, 5.74) is 11.0. The van der Waals surface area contributed by atoms with Crippen molar-refractivity contribution < 1.29 is 4.79 Å². The Hall–Kier alpha value is -0.410. The normalized spacial score (nSPS) is 16.2. The molecule has 0 rings (SSSR count). The van der Waals surface area contributed by atoms with Crippen LogP contribution < -0.4 is 11.5 Å². The lowest BCUT2D eigenvalue weighted by Crippen LogP contribution is -2.49. The van der Waals surface area contributed by atoms with E-state index >= 15 is 0 Å². The largest absolute Gasteiger partial charge is 0.329 e. The maximum atomic E-state index is 10.9. The van der Waals surface area contributed by atoms with E-state index in [0.717, 1.165) is 6.42 Å². The number of Topliss-reactive ketones (excluding diaryl/α,β-unsaturated/α-hetero) is 1. The number of carbonyl (C=O) groups excluding carboxylic acids is 1. The molecule has 0 amide bonds. The highest BCUT2D eigenvalue weighted by atomic mass is 16.1. The zero-order chi connectivity index (χ0) is 9.78. The fraction of sp³-hybridized carbons (Fsp3) is 0.889. The van der Waals surface area contributed by atoms with Gasteiger partial charge in [0.2, 0.25) is 0 Å². The predicted octanol–water partition coefficient (Wildman–Crippen LogP) is 0.668. The van der Waals surface area contributed by atoms with Crippen LogP contribution in [0.5, 0.6) is 0 Å². The van der Waals surface area contributed by atoms with Gasteiger partial charge in [-0.1, -0.05) is 13.8 Å². The van der Waals surface area contributed by atoms with Crippen molar-refractivity contribution in [2.24, 2.45) is 17.4 Å². The fourth-order valence-electron chi connectivity index (χ4n) is 1.54. The molecule has 0 radical (unpaired) electrons. The van der Waals surface area contributed by atoms with E-state index < -0.39 is 5.54 Å². The minimum atomic E-state index is -0.486. The van der Waals surface area contributed by atoms with E-state index in [1.807, 2.05) is 0 Å². The molecule has 4 N–H and O–H groups in total. The second kappa shape index (κ2) is 4.58. The lowest BCUT2D eigenvalue weighted by molar-refractivity contribution is -0.118. The first kappa shape index (κ1) is 11.6. The van der Waals surface area contributed by atoms with E-state index in [9.17, 15) is 4.79 Å². The number of hydrogen-bond acceptors (Lipinski definition) is 3. The van der Waals surface area contributed by atoms with Gasteiger partial charge in [0.05, 0.1) is 0 Å². The fourth-order valence-corrected chi connectivity index (χ4v) is 1.54. The Morgan fingerprint density at radius 1 is 1.50 bits per heavy atom. The summed E-state index contributed by atoms with van der Waals surface area (Å²) in [6.07, 6.45) is 1.20. The highest BCUT2D eigenvalue weighted by Crippen LogP contribution is 2.16. The van der Waals surface area contributed by atoms with Gasteiger partial charge in [0.15, 0.2) is 0 Å². The van der Waals surface area contributed by atoms with E-state index in [2.05, 4.69) is 13.8 Å². The molecule has 0 bridgehead atoms. The van der Waals surface area contributed by atoms with Gasteiger partial charge in [0.25, 0.3) is 0 Å². The third kappa shape index (κ3) is 4.46. The summed E-state index contributed by atoms with van der Waals surface area (Å²) < 4.78 is 0. The molecule has 0 aromatic carbocycles. The van der Waals surface area contributed by atoms with Crippen molar-refractivity contribution in [3.05, 3.63) is 0 Å². The van der Waals surface area contributed by atoms with Crippen LogP contribution in [0.2, 0.25) is 0 Å². The summed E-state index contributed by atoms with van der Waals surface area (Å²) in [4.78, 5) is 10.9. The Bertz CT molecular complexity index is 157. The highest BCUT2D eigenvalue weighted by Gasteiger charge is 2.25. The van der Waals surface area contributed by atoms with Gasteiger partial charge in [0.1, 0.15) is 5.78 Å². The number of nitrogens with two attached hydrogens (primary N) is 2. The molecule has 3 nitrogen and oxygen atoms in total. The second-order valence-corrected chi connectivity index (χ2v) is 4.04. The van der Waals surface area contributed by atoms with Gasteiger partial charge in [-0.3, -0.25) is 4.79 Å². The van der Waals surface area contributed by atoms with Crippen LogP contribution in [0.1, 0.15) is 33.6 Å². The average molecular weight is 172 g/mol. The lowest BCUT2D eigenvalue weighted by Gasteiger charge is -2.28. The molecular formula is C9H20N2O. The molecule has 72 valence electrons. The average Bonchev–Trinajstić information content (AvgIpc) is 1.83. The second-order valence-electron chi connectivity index (χ2n) is 4.04. The summed E-state index contributed by atoms with van der Waals surface area (Å²) in [5.74, 6) is 0.599. The first-order valence-electron chi connectivity index (χ1n) is 4.38. The molecule has 0 fully saturated rings. The molecule has 1 atom stereocenters. The Balaban J connectivity index is 4.13. The van der Waals surface area contributed by atoms with Gasteiger partial charge in [-0.2, -0.15) is 0 Å². The van der Waals surface area contributed by atoms with Crippen molar-refractivity contribution in [3.8, 4) is 0 Å². The molecule has 0 spiro atoms. The van der Waals surface area contributed by atoms with E-state index in [1.165, 1.54) is 0 Å². The third-order valence-corrected chi connectivity index (χ3v) is 1.82. The molecule has 0 aliphatic rings. The standard InChI is InChI=1S/C9H20N2O/c1-7(2)4-9(11,6-10)5-8(3)12/h7H,4-6,10-11H2,1-3H3. The van der Waals surface area contributed by atoms with Crippen LogP contribution in [0.25, 0.3) is 0 Å². The molecule has 3 heteroatoms. The van der Waals surface area contributed by atoms with Crippen LogP contribution in [-0.4, -0.2) is 17.9 Å². The quantitative estimate of drug-likeness (QED) is 0.640. The molecule has 0 saturated carbocycles. The molecule has 0 heterocycles. The van der Waals surface area contributed by atoms with Gasteiger partial charge < -0.3 is 11.5 Å². The Morgan fingerprint density at radius 2 is 2.00 bits per heavy atom. The first-order valence-corrected chi connectivity index (χ1v) is 4.38. The summed E-state index contributed by atoms with van der Waals surface area (Å²) in [7, 11) is 0. The first-order chi connectivity index (χ1) is 5.39. The summed E-state index contributed by atoms with van der Waals surface area (Å²) in [6.45, 7) is 6.09. The Morgan fingerprint density at radius 3 is 2.25 bits per heavy atom. The molecule has 0 aromatic heterocycles. The van der Waals surface area contributed by atoms with E-state index in [4.69, 9.17) is 11.5 Å². The van der Waals surface area contributed by atoms with E-state index in [0.29, 0.717) is 18.9 Å². The molecule has 0 saturated heterocycles. The molecule has 12 heavy (non-hydrogen) atoms. The minimum absolute atomic E-state index is 0.114. The smallest absolute Gasteiger partial charge is 0.131 e. The SMILES string of the molecule is CC(=O)CC(N)(CN)CC(C)C. The van der Waals surface area contributed by atoms with Crippen LogP contribution >= 0.6 is 0 Å². The van der Waals surface area contributed by atoms with Gasteiger partial charge in [-0.05, 0) is 19.3 Å². The summed E-state index contributed by atoms with van der Waals surface area (Å²) in [6, 6.07) is 0. The molecule has 0 aliphatic heterocycles. The number of ketones is 1. The molecular weight excluding hydrogens is 152 g/mol. The number of rotatable bonds is 5. The van der Waals surface area contributed by atoms with Gasteiger partial charge in [0, 0.05) is 18.5 Å². The maximum absolute atomic E-state index is 10.9. The molecule has 0 aromatic rings. The molecule has 0 aliphatic carbocycles. The van der Waals surface area contributed by atoms with Crippen LogP contribution in [0, 0.1) is 5.92 Å². The van der Waals surface area contributed by atoms with Crippen molar-refractivity contribution in [2.75, 3.05) is 6.54 Å². The molecule has 1 unspecified atom stereocenters. The monoisotopic (exact) mass is 172 g/mol. The van der Waals surface area contributed by atoms with Crippen LogP contribution in [0.4, 0.5) is 0 Å². The van der Waals surface area contributed by atoms with Crippen molar-refractivity contribution in [1.29, 1.82) is 0 Å². The maximum Gasteiger partial charge on any atom is 0.131 e. The predicted molar refractivity (Wildman–Crippen MR) is 50.7 cm³/mol. The number of carbonyl (C=O) groups is 1. The van der Waals surface area contributed by atoms with Gasteiger partial charge in [-0.25, -0.2) is 0 Å². The Labute approximate surface area is 74.5 Å². The van der Waals surface area contributed by atoms with Crippen LogP contribution in [-0.2, 0) is 4.79 Å². The van der Waals surface area contributed by atoms with Crippen molar-refractivity contribution in [1.82, 2.24) is 0 Å². The van der Waals surface area contributed by atoms with Crippen molar-refractivity contribution in [3.63, 3.8) is 0 Å².